The van der Waals surface area contributed by atoms with Crippen molar-refractivity contribution in [2.24, 2.45) is 5.73 Å². The highest BCUT2D eigenvalue weighted by atomic mass is 32.1. The third kappa shape index (κ3) is 4.83. The molecule has 1 heterocycles. The number of carbonyl (C=O) groups is 2. The zero-order valence-electron chi connectivity index (χ0n) is 14.6. The van der Waals surface area contributed by atoms with Crippen LogP contribution in [-0.2, 0) is 0 Å². The highest BCUT2D eigenvalue weighted by Gasteiger charge is 2.18. The maximum Gasteiger partial charge on any atom is 0.316 e. The Hall–Kier alpha value is -3.39. The highest BCUT2D eigenvalue weighted by molar-refractivity contribution is 7.14. The number of amides is 3. The van der Waals surface area contributed by atoms with Crippen molar-refractivity contribution in [1.29, 1.82) is 0 Å². The molecule has 5 N–H and O–H groups in total. The number of nitrogens with one attached hydrogen (secondary N) is 3. The zero-order valence-corrected chi connectivity index (χ0v) is 15.4. The predicted molar refractivity (Wildman–Crippen MR) is 107 cm³/mol. The largest absolute Gasteiger partial charge is 0.351 e. The number of thiazole rings is 1. The van der Waals surface area contributed by atoms with Gasteiger partial charge in [-0.15, -0.1) is 11.3 Å². The van der Waals surface area contributed by atoms with Gasteiger partial charge >= 0.3 is 6.03 Å². The van der Waals surface area contributed by atoms with E-state index < -0.39 is 6.03 Å². The molecule has 0 spiro atoms. The second kappa shape index (κ2) is 8.33. The zero-order chi connectivity index (χ0) is 19.2. The minimum atomic E-state index is -0.619. The molecule has 0 bridgehead atoms. The SMILES string of the molecule is CC(NC(=O)c1ncsc1Nc1ccccc1)c1ccc(NC(N)=O)cc1. The van der Waals surface area contributed by atoms with Crippen molar-refractivity contribution in [2.45, 2.75) is 13.0 Å². The van der Waals surface area contributed by atoms with Crippen molar-refractivity contribution in [3.05, 3.63) is 71.4 Å². The Labute approximate surface area is 160 Å². The molecule has 0 aliphatic rings. The van der Waals surface area contributed by atoms with Gasteiger partial charge in [0.2, 0.25) is 0 Å². The fourth-order valence-electron chi connectivity index (χ4n) is 2.49. The first-order valence-corrected chi connectivity index (χ1v) is 9.13. The van der Waals surface area contributed by atoms with E-state index in [4.69, 9.17) is 5.73 Å². The molecule has 0 saturated heterocycles. The van der Waals surface area contributed by atoms with Gasteiger partial charge in [-0.2, -0.15) is 0 Å². The van der Waals surface area contributed by atoms with Gasteiger partial charge in [-0.05, 0) is 36.8 Å². The molecule has 138 valence electrons. The second-order valence-corrected chi connectivity index (χ2v) is 6.68. The van der Waals surface area contributed by atoms with E-state index in [0.29, 0.717) is 16.4 Å². The lowest BCUT2D eigenvalue weighted by Gasteiger charge is -2.15. The van der Waals surface area contributed by atoms with E-state index in [-0.39, 0.29) is 11.9 Å². The molecule has 2 aromatic carbocycles. The molecule has 0 fully saturated rings. The summed E-state index contributed by atoms with van der Waals surface area (Å²) >= 11 is 1.37. The van der Waals surface area contributed by atoms with Crippen LogP contribution < -0.4 is 21.7 Å². The van der Waals surface area contributed by atoms with Gasteiger partial charge in [-0.1, -0.05) is 30.3 Å². The van der Waals surface area contributed by atoms with Crippen LogP contribution in [0.25, 0.3) is 0 Å². The first-order valence-electron chi connectivity index (χ1n) is 8.26. The van der Waals surface area contributed by atoms with Crippen molar-refractivity contribution in [2.75, 3.05) is 10.6 Å². The molecule has 7 nitrogen and oxygen atoms in total. The van der Waals surface area contributed by atoms with Crippen LogP contribution in [0.1, 0.15) is 29.0 Å². The monoisotopic (exact) mass is 381 g/mol. The average molecular weight is 381 g/mol. The van der Waals surface area contributed by atoms with Crippen LogP contribution in [0.3, 0.4) is 0 Å². The van der Waals surface area contributed by atoms with E-state index in [2.05, 4.69) is 20.9 Å². The number of anilines is 3. The summed E-state index contributed by atoms with van der Waals surface area (Å²) in [6.07, 6.45) is 0. The number of rotatable bonds is 6. The van der Waals surface area contributed by atoms with Crippen molar-refractivity contribution in [1.82, 2.24) is 10.3 Å². The van der Waals surface area contributed by atoms with Crippen LogP contribution in [0.2, 0.25) is 0 Å². The molecule has 3 aromatic rings. The lowest BCUT2D eigenvalue weighted by molar-refractivity contribution is 0.0936. The Morgan fingerprint density at radius 3 is 2.41 bits per heavy atom. The van der Waals surface area contributed by atoms with Crippen molar-refractivity contribution >= 4 is 39.7 Å². The first kappa shape index (κ1) is 18.4. The van der Waals surface area contributed by atoms with Gasteiger partial charge in [0.1, 0.15) is 5.00 Å². The number of urea groups is 1. The molecule has 3 rings (SSSR count). The number of hydrogen-bond acceptors (Lipinski definition) is 5. The van der Waals surface area contributed by atoms with E-state index in [0.717, 1.165) is 11.3 Å². The molecule has 1 atom stereocenters. The lowest BCUT2D eigenvalue weighted by atomic mass is 10.1. The summed E-state index contributed by atoms with van der Waals surface area (Å²) in [4.78, 5) is 27.7. The van der Waals surface area contributed by atoms with E-state index in [1.165, 1.54) is 11.3 Å². The van der Waals surface area contributed by atoms with Crippen LogP contribution in [0.4, 0.5) is 21.2 Å². The number of hydrogen-bond donors (Lipinski definition) is 4. The van der Waals surface area contributed by atoms with E-state index >= 15 is 0 Å². The van der Waals surface area contributed by atoms with Crippen LogP contribution in [-0.4, -0.2) is 16.9 Å². The molecule has 8 heteroatoms. The number of para-hydroxylation sites is 1. The van der Waals surface area contributed by atoms with Gasteiger partial charge in [-0.3, -0.25) is 4.79 Å². The standard InChI is InChI=1S/C19H19N5O2S/c1-12(13-7-9-15(10-8-13)24-19(20)26)22-17(25)16-18(27-11-21-16)23-14-5-3-2-4-6-14/h2-12,23H,1H3,(H,22,25)(H3,20,24,26). The number of nitrogens with zero attached hydrogens (tertiary/aromatic N) is 1. The van der Waals surface area contributed by atoms with Gasteiger partial charge in [0.05, 0.1) is 11.6 Å². The average Bonchev–Trinajstić information content (AvgIpc) is 3.11. The Morgan fingerprint density at radius 1 is 1.04 bits per heavy atom. The first-order chi connectivity index (χ1) is 13.0. The Morgan fingerprint density at radius 2 is 1.74 bits per heavy atom. The minimum Gasteiger partial charge on any atom is -0.351 e. The molecular weight excluding hydrogens is 362 g/mol. The van der Waals surface area contributed by atoms with Crippen molar-refractivity contribution in [3.8, 4) is 0 Å². The summed E-state index contributed by atoms with van der Waals surface area (Å²) < 4.78 is 0. The van der Waals surface area contributed by atoms with Gasteiger partial charge < -0.3 is 21.7 Å². The maximum atomic E-state index is 12.6. The Kier molecular flexibility index (Phi) is 5.68. The Bertz CT molecular complexity index is 925. The minimum absolute atomic E-state index is 0.230. The molecular formula is C19H19N5O2S. The molecule has 0 aliphatic heterocycles. The number of carbonyl (C=O) groups excluding carboxylic acids is 2. The van der Waals surface area contributed by atoms with Gasteiger partial charge in [0.25, 0.3) is 5.91 Å². The summed E-state index contributed by atoms with van der Waals surface area (Å²) in [6, 6.07) is 15.9. The van der Waals surface area contributed by atoms with Gasteiger partial charge in [0, 0.05) is 11.4 Å². The smallest absolute Gasteiger partial charge is 0.316 e. The normalized spacial score (nSPS) is 11.4. The topological polar surface area (TPSA) is 109 Å². The fourth-order valence-corrected chi connectivity index (χ4v) is 3.19. The van der Waals surface area contributed by atoms with Crippen LogP contribution in [0, 0.1) is 0 Å². The van der Waals surface area contributed by atoms with Crippen molar-refractivity contribution < 1.29 is 9.59 Å². The highest BCUT2D eigenvalue weighted by Crippen LogP contribution is 2.25. The summed E-state index contributed by atoms with van der Waals surface area (Å²) in [6.45, 7) is 1.88. The molecule has 1 aromatic heterocycles. The quantitative estimate of drug-likeness (QED) is 0.520. The summed E-state index contributed by atoms with van der Waals surface area (Å²) in [5.74, 6) is -0.262. The number of aromatic nitrogens is 1. The fraction of sp³-hybridized carbons (Fsp3) is 0.105. The molecule has 0 radical (unpaired) electrons. The van der Waals surface area contributed by atoms with Crippen LogP contribution in [0.5, 0.6) is 0 Å². The molecule has 27 heavy (non-hydrogen) atoms. The maximum absolute atomic E-state index is 12.6. The summed E-state index contributed by atoms with van der Waals surface area (Å²) in [5.41, 5.74) is 9.46. The Balaban J connectivity index is 1.67. The van der Waals surface area contributed by atoms with Crippen LogP contribution in [0.15, 0.2) is 60.1 Å². The number of primary amides is 1. The summed E-state index contributed by atoms with van der Waals surface area (Å²) in [5, 5.41) is 9.34. The predicted octanol–water partition coefficient (Wildman–Crippen LogP) is 3.87. The van der Waals surface area contributed by atoms with Crippen LogP contribution >= 0.6 is 11.3 Å². The number of nitrogens with two attached hydrogens (primary N) is 1. The van der Waals surface area contributed by atoms with E-state index in [9.17, 15) is 9.59 Å². The van der Waals surface area contributed by atoms with E-state index in [1.807, 2.05) is 49.4 Å². The second-order valence-electron chi connectivity index (χ2n) is 5.83. The summed E-state index contributed by atoms with van der Waals surface area (Å²) in [7, 11) is 0. The molecule has 0 saturated carbocycles. The molecule has 1 unspecified atom stereocenters. The van der Waals surface area contributed by atoms with Gasteiger partial charge in [-0.25, -0.2) is 9.78 Å². The van der Waals surface area contributed by atoms with E-state index in [1.54, 1.807) is 17.6 Å². The van der Waals surface area contributed by atoms with Crippen molar-refractivity contribution in [3.63, 3.8) is 0 Å². The molecule has 0 aliphatic carbocycles. The number of benzene rings is 2. The molecule has 3 amide bonds. The van der Waals surface area contributed by atoms with Gasteiger partial charge in [0.15, 0.2) is 5.69 Å². The third-order valence-corrected chi connectivity index (χ3v) is 4.58. The third-order valence-electron chi connectivity index (χ3n) is 3.84. The lowest BCUT2D eigenvalue weighted by Crippen LogP contribution is -2.27.